The van der Waals surface area contributed by atoms with Crippen molar-refractivity contribution >= 4 is 37.3 Å². The third-order valence-electron chi connectivity index (χ3n) is 1.38. The van der Waals surface area contributed by atoms with Gasteiger partial charge in [-0.1, -0.05) is 5.11 Å². The monoisotopic (exact) mass is 310 g/mol. The van der Waals surface area contributed by atoms with Crippen LogP contribution in [0.3, 0.4) is 0 Å². The fourth-order valence-corrected chi connectivity index (χ4v) is 3.86. The van der Waals surface area contributed by atoms with Gasteiger partial charge in [0.2, 0.25) is 10.0 Å². The topological polar surface area (TPSA) is 94.9 Å². The van der Waals surface area contributed by atoms with Gasteiger partial charge in [0.05, 0.1) is 3.79 Å². The number of sulfonamides is 1. The lowest BCUT2D eigenvalue weighted by molar-refractivity contribution is 0.584. The third kappa shape index (κ3) is 3.80. The first-order chi connectivity index (χ1) is 7.06. The molecule has 9 heteroatoms. The predicted octanol–water partition coefficient (Wildman–Crippen LogP) is 2.10. The average molecular weight is 311 g/mol. The summed E-state index contributed by atoms with van der Waals surface area (Å²) in [5.41, 5.74) is 7.99. The van der Waals surface area contributed by atoms with E-state index in [0.29, 0.717) is 0 Å². The van der Waals surface area contributed by atoms with Crippen LogP contribution in [0.5, 0.6) is 0 Å². The fourth-order valence-electron chi connectivity index (χ4n) is 0.788. The summed E-state index contributed by atoms with van der Waals surface area (Å²) in [6.07, 6.45) is 0. The van der Waals surface area contributed by atoms with Gasteiger partial charge in [0.25, 0.3) is 0 Å². The first-order valence-corrected chi connectivity index (χ1v) is 6.91. The molecule has 0 aliphatic rings. The molecule has 82 valence electrons. The molecule has 0 aromatic carbocycles. The van der Waals surface area contributed by atoms with Gasteiger partial charge in [-0.15, -0.1) is 11.3 Å². The van der Waals surface area contributed by atoms with Crippen molar-refractivity contribution in [3.05, 3.63) is 26.4 Å². The zero-order chi connectivity index (χ0) is 11.3. The van der Waals surface area contributed by atoms with Crippen molar-refractivity contribution in [2.75, 3.05) is 13.1 Å². The average Bonchev–Trinajstić information content (AvgIpc) is 2.60. The molecule has 0 aliphatic carbocycles. The molecule has 1 heterocycles. The maximum Gasteiger partial charge on any atom is 0.250 e. The highest BCUT2D eigenvalue weighted by atomic mass is 79.9. The molecule has 15 heavy (non-hydrogen) atoms. The van der Waals surface area contributed by atoms with Crippen molar-refractivity contribution in [3.8, 4) is 0 Å². The summed E-state index contributed by atoms with van der Waals surface area (Å²) in [4.78, 5) is 2.52. The third-order valence-corrected chi connectivity index (χ3v) is 4.96. The van der Waals surface area contributed by atoms with Gasteiger partial charge in [-0.2, -0.15) is 0 Å². The summed E-state index contributed by atoms with van der Waals surface area (Å²) in [6.45, 7) is 0.199. The lowest BCUT2D eigenvalue weighted by Gasteiger charge is -2.01. The smallest absolute Gasteiger partial charge is 0.210 e. The number of nitrogens with one attached hydrogen (secondary N) is 1. The van der Waals surface area contributed by atoms with Gasteiger partial charge in [0, 0.05) is 18.0 Å². The molecule has 0 spiro atoms. The summed E-state index contributed by atoms with van der Waals surface area (Å²) in [7, 11) is -3.46. The minimum Gasteiger partial charge on any atom is -0.210 e. The van der Waals surface area contributed by atoms with E-state index < -0.39 is 10.0 Å². The Hall–Kier alpha value is -0.600. The van der Waals surface area contributed by atoms with E-state index >= 15 is 0 Å². The Morgan fingerprint density at radius 2 is 2.33 bits per heavy atom. The second kappa shape index (κ2) is 5.47. The zero-order valence-corrected chi connectivity index (χ0v) is 10.6. The molecular weight excluding hydrogens is 304 g/mol. The molecule has 0 bridgehead atoms. The second-order valence-electron chi connectivity index (χ2n) is 2.41. The van der Waals surface area contributed by atoms with E-state index in [1.54, 1.807) is 6.07 Å². The molecule has 0 atom stereocenters. The fraction of sp³-hybridized carbons (Fsp3) is 0.333. The molecule has 6 nitrogen and oxygen atoms in total. The van der Waals surface area contributed by atoms with Crippen molar-refractivity contribution in [1.82, 2.24) is 4.72 Å². The standard InChI is InChI=1S/C6H7BrN4O2S2/c7-5-1-2-6(14-5)15(12,13)10-4-3-9-11-8/h1-2,10H,3-4H2. The van der Waals surface area contributed by atoms with E-state index in [4.69, 9.17) is 5.53 Å². The Labute approximate surface area is 99.1 Å². The zero-order valence-electron chi connectivity index (χ0n) is 7.42. The van der Waals surface area contributed by atoms with E-state index in [1.807, 2.05) is 0 Å². The van der Waals surface area contributed by atoms with Crippen LogP contribution in [0.25, 0.3) is 10.4 Å². The van der Waals surface area contributed by atoms with Crippen LogP contribution in [0.4, 0.5) is 0 Å². The van der Waals surface area contributed by atoms with Crippen LogP contribution in [0, 0.1) is 0 Å². The van der Waals surface area contributed by atoms with Crippen LogP contribution in [-0.4, -0.2) is 21.5 Å². The number of rotatable bonds is 5. The van der Waals surface area contributed by atoms with E-state index in [9.17, 15) is 8.42 Å². The van der Waals surface area contributed by atoms with Crippen LogP contribution in [0.2, 0.25) is 0 Å². The summed E-state index contributed by atoms with van der Waals surface area (Å²) < 4.78 is 26.4. The lowest BCUT2D eigenvalue weighted by Crippen LogP contribution is -2.25. The van der Waals surface area contributed by atoms with Crippen LogP contribution in [-0.2, 0) is 10.0 Å². The van der Waals surface area contributed by atoms with Gasteiger partial charge in [-0.3, -0.25) is 0 Å². The molecule has 0 saturated heterocycles. The van der Waals surface area contributed by atoms with E-state index in [-0.39, 0.29) is 17.3 Å². The highest BCUT2D eigenvalue weighted by Crippen LogP contribution is 2.25. The largest absolute Gasteiger partial charge is 0.250 e. The second-order valence-corrected chi connectivity index (χ2v) is 6.87. The van der Waals surface area contributed by atoms with Crippen molar-refractivity contribution in [3.63, 3.8) is 0 Å². The Morgan fingerprint density at radius 3 is 2.87 bits per heavy atom. The van der Waals surface area contributed by atoms with Gasteiger partial charge < -0.3 is 0 Å². The molecule has 0 amide bonds. The minimum atomic E-state index is -3.46. The number of halogens is 1. The van der Waals surface area contributed by atoms with Crippen LogP contribution in [0.15, 0.2) is 25.2 Å². The normalized spacial score (nSPS) is 11.0. The number of hydrogen-bond donors (Lipinski definition) is 1. The molecule has 1 aromatic rings. The number of thiophene rings is 1. The Morgan fingerprint density at radius 1 is 1.60 bits per heavy atom. The molecule has 1 aromatic heterocycles. The summed E-state index contributed by atoms with van der Waals surface area (Å²) in [5.74, 6) is 0. The number of nitrogens with zero attached hydrogens (tertiary/aromatic N) is 3. The minimum absolute atomic E-state index is 0.0991. The van der Waals surface area contributed by atoms with Gasteiger partial charge in [0.15, 0.2) is 0 Å². The molecule has 0 saturated carbocycles. The van der Waals surface area contributed by atoms with Gasteiger partial charge in [0.1, 0.15) is 4.21 Å². The first kappa shape index (κ1) is 12.5. The predicted molar refractivity (Wildman–Crippen MR) is 61.2 cm³/mol. The Bertz CT molecular complexity index is 477. The highest BCUT2D eigenvalue weighted by Gasteiger charge is 2.14. The van der Waals surface area contributed by atoms with Crippen molar-refractivity contribution < 1.29 is 8.42 Å². The molecule has 1 rings (SSSR count). The van der Waals surface area contributed by atoms with Crippen molar-refractivity contribution in [1.29, 1.82) is 0 Å². The molecular formula is C6H7BrN4O2S2. The van der Waals surface area contributed by atoms with Gasteiger partial charge in [-0.05, 0) is 33.6 Å². The maximum absolute atomic E-state index is 11.6. The van der Waals surface area contributed by atoms with Crippen LogP contribution in [0.1, 0.15) is 0 Å². The van der Waals surface area contributed by atoms with Gasteiger partial charge >= 0.3 is 0 Å². The number of azide groups is 1. The Kier molecular flexibility index (Phi) is 4.55. The highest BCUT2D eigenvalue weighted by molar-refractivity contribution is 9.11. The van der Waals surface area contributed by atoms with Crippen molar-refractivity contribution in [2.45, 2.75) is 4.21 Å². The summed E-state index contributed by atoms with van der Waals surface area (Å²) >= 11 is 4.30. The molecule has 1 N–H and O–H groups in total. The Balaban J connectivity index is 2.64. The van der Waals surface area contributed by atoms with Crippen molar-refractivity contribution in [2.24, 2.45) is 5.11 Å². The molecule has 0 radical (unpaired) electrons. The van der Waals surface area contributed by atoms with Gasteiger partial charge in [-0.25, -0.2) is 13.1 Å². The quantitative estimate of drug-likeness (QED) is 0.390. The summed E-state index contributed by atoms with van der Waals surface area (Å²) in [5, 5.41) is 3.22. The van der Waals surface area contributed by atoms with Crippen LogP contribution >= 0.6 is 27.3 Å². The first-order valence-electron chi connectivity index (χ1n) is 3.82. The van der Waals surface area contributed by atoms with E-state index in [2.05, 4.69) is 30.7 Å². The SMILES string of the molecule is [N-]=[N+]=NCCNS(=O)(=O)c1ccc(Br)s1. The summed E-state index contributed by atoms with van der Waals surface area (Å²) in [6, 6.07) is 3.16. The number of hydrogen-bond acceptors (Lipinski definition) is 4. The van der Waals surface area contributed by atoms with E-state index in [0.717, 1.165) is 15.1 Å². The van der Waals surface area contributed by atoms with Crippen LogP contribution < -0.4 is 4.72 Å². The maximum atomic E-state index is 11.6. The lowest BCUT2D eigenvalue weighted by atomic mass is 10.7. The molecule has 0 aliphatic heterocycles. The molecule has 0 unspecified atom stereocenters. The molecule has 0 fully saturated rings. The van der Waals surface area contributed by atoms with E-state index in [1.165, 1.54) is 6.07 Å².